The molecule has 1 heterocycles. The van der Waals surface area contributed by atoms with E-state index in [1.807, 2.05) is 35.4 Å². The topological polar surface area (TPSA) is 15.7 Å². The minimum Gasteiger partial charge on any atom is -0.356 e. The second-order valence-corrected chi connectivity index (χ2v) is 6.60. The molecule has 126 valence electrons. The summed E-state index contributed by atoms with van der Waals surface area (Å²) < 4.78 is 27.3. The van der Waals surface area contributed by atoms with E-state index in [0.717, 1.165) is 23.4 Å². The Bertz CT molecular complexity index is 719. The van der Waals surface area contributed by atoms with Gasteiger partial charge in [0.25, 0.3) is 0 Å². The molecule has 24 heavy (non-hydrogen) atoms. The number of benzene rings is 2. The van der Waals surface area contributed by atoms with Gasteiger partial charge in [-0.3, -0.25) is 4.84 Å². The quantitative estimate of drug-likeness (QED) is 0.821. The van der Waals surface area contributed by atoms with E-state index in [-0.39, 0.29) is 0 Å². The number of rotatable bonds is 5. The average Bonchev–Trinajstić information content (AvgIpc) is 3.40. The maximum absolute atomic E-state index is 13.7. The molecule has 1 aliphatic heterocycles. The summed E-state index contributed by atoms with van der Waals surface area (Å²) in [6.07, 6.45) is 2.42. The van der Waals surface area contributed by atoms with E-state index < -0.39 is 11.6 Å². The van der Waals surface area contributed by atoms with Gasteiger partial charge >= 0.3 is 0 Å². The van der Waals surface area contributed by atoms with Crippen LogP contribution in [-0.2, 0) is 18.0 Å². The molecule has 1 saturated carbocycles. The van der Waals surface area contributed by atoms with Crippen LogP contribution in [0.3, 0.4) is 0 Å². The van der Waals surface area contributed by atoms with Crippen LogP contribution >= 0.6 is 0 Å². The average molecular weight is 330 g/mol. The first-order valence-electron chi connectivity index (χ1n) is 8.33. The van der Waals surface area contributed by atoms with Crippen molar-refractivity contribution in [2.75, 3.05) is 18.1 Å². The molecule has 2 aromatic rings. The molecule has 1 aliphatic carbocycles. The van der Waals surface area contributed by atoms with Crippen molar-refractivity contribution >= 4 is 5.69 Å². The Morgan fingerprint density at radius 2 is 1.79 bits per heavy atom. The molecule has 0 bridgehead atoms. The molecule has 5 heteroatoms. The van der Waals surface area contributed by atoms with Crippen LogP contribution in [0, 0.1) is 17.6 Å². The van der Waals surface area contributed by atoms with Gasteiger partial charge in [-0.25, -0.2) is 8.78 Å². The van der Waals surface area contributed by atoms with Crippen LogP contribution in [0.15, 0.2) is 42.5 Å². The van der Waals surface area contributed by atoms with E-state index in [4.69, 9.17) is 4.84 Å². The van der Waals surface area contributed by atoms with Gasteiger partial charge < -0.3 is 4.90 Å². The smallest absolute Gasteiger partial charge is 0.160 e. The highest BCUT2D eigenvalue weighted by Crippen LogP contribution is 2.35. The Hall–Kier alpha value is -1.98. The van der Waals surface area contributed by atoms with Gasteiger partial charge in [0.1, 0.15) is 0 Å². The lowest BCUT2D eigenvalue weighted by Gasteiger charge is -2.37. The monoisotopic (exact) mass is 330 g/mol. The van der Waals surface area contributed by atoms with Crippen molar-refractivity contribution in [3.05, 3.63) is 65.2 Å². The zero-order valence-corrected chi connectivity index (χ0v) is 13.4. The Labute approximate surface area is 140 Å². The van der Waals surface area contributed by atoms with Crippen LogP contribution in [0.1, 0.15) is 24.0 Å². The molecule has 0 radical (unpaired) electrons. The second-order valence-electron chi connectivity index (χ2n) is 6.60. The van der Waals surface area contributed by atoms with E-state index >= 15 is 0 Å². The molecule has 2 aromatic carbocycles. The molecule has 0 atom stereocenters. The zero-order valence-electron chi connectivity index (χ0n) is 13.4. The zero-order chi connectivity index (χ0) is 16.5. The van der Waals surface area contributed by atoms with E-state index in [0.29, 0.717) is 25.7 Å². The lowest BCUT2D eigenvalue weighted by molar-refractivity contribution is -0.179. The second kappa shape index (κ2) is 6.49. The van der Waals surface area contributed by atoms with Crippen LogP contribution in [0.2, 0.25) is 0 Å². The SMILES string of the molecule is Fc1cc2c(cc1F)N(CC1CC1)CN(OCc1ccccc1)C2. The van der Waals surface area contributed by atoms with Crippen molar-refractivity contribution < 1.29 is 13.6 Å². The Kier molecular flexibility index (Phi) is 4.21. The Morgan fingerprint density at radius 1 is 1.04 bits per heavy atom. The molecule has 0 saturated heterocycles. The highest BCUT2D eigenvalue weighted by atomic mass is 19.2. The van der Waals surface area contributed by atoms with Gasteiger partial charge in [-0.2, -0.15) is 5.06 Å². The number of nitrogens with zero attached hydrogens (tertiary/aromatic N) is 2. The minimum absolute atomic E-state index is 0.459. The van der Waals surface area contributed by atoms with Gasteiger partial charge in [0, 0.05) is 18.3 Å². The summed E-state index contributed by atoms with van der Waals surface area (Å²) in [4.78, 5) is 8.00. The number of hydrogen-bond acceptors (Lipinski definition) is 3. The molecule has 4 rings (SSSR count). The van der Waals surface area contributed by atoms with E-state index in [2.05, 4.69) is 4.90 Å². The predicted octanol–water partition coefficient (Wildman–Crippen LogP) is 4.09. The van der Waals surface area contributed by atoms with Crippen LogP contribution < -0.4 is 4.90 Å². The minimum atomic E-state index is -0.801. The van der Waals surface area contributed by atoms with Crippen LogP contribution in [0.4, 0.5) is 14.5 Å². The molecule has 3 nitrogen and oxygen atoms in total. The molecule has 0 unspecified atom stereocenters. The fourth-order valence-corrected chi connectivity index (χ4v) is 3.10. The highest BCUT2D eigenvalue weighted by molar-refractivity contribution is 5.55. The number of halogens is 2. The number of hydrogen-bond donors (Lipinski definition) is 0. The van der Waals surface area contributed by atoms with Crippen molar-refractivity contribution in [3.8, 4) is 0 Å². The van der Waals surface area contributed by atoms with E-state index in [1.165, 1.54) is 25.0 Å². The number of hydroxylamine groups is 2. The standard InChI is InChI=1S/C19H20F2N2O/c20-17-8-16-11-23(24-12-15-4-2-1-3-5-15)13-22(10-14-6-7-14)19(16)9-18(17)21/h1-5,8-9,14H,6-7,10-13H2. The van der Waals surface area contributed by atoms with Gasteiger partial charge in [0.05, 0.1) is 19.8 Å². The maximum Gasteiger partial charge on any atom is 0.160 e. The summed E-state index contributed by atoms with van der Waals surface area (Å²) in [5.41, 5.74) is 2.65. The van der Waals surface area contributed by atoms with Crippen LogP contribution in [0.5, 0.6) is 0 Å². The van der Waals surface area contributed by atoms with Crippen molar-refractivity contribution in [3.63, 3.8) is 0 Å². The summed E-state index contributed by atoms with van der Waals surface area (Å²) in [6, 6.07) is 12.5. The maximum atomic E-state index is 13.7. The van der Waals surface area contributed by atoms with Gasteiger partial charge in [-0.05, 0) is 36.0 Å². The highest BCUT2D eigenvalue weighted by Gasteiger charge is 2.30. The number of anilines is 1. The third-order valence-electron chi connectivity index (χ3n) is 4.57. The van der Waals surface area contributed by atoms with E-state index in [9.17, 15) is 8.78 Å². The van der Waals surface area contributed by atoms with E-state index in [1.54, 1.807) is 0 Å². The van der Waals surface area contributed by atoms with Gasteiger partial charge in [0.2, 0.25) is 0 Å². The van der Waals surface area contributed by atoms with Crippen molar-refractivity contribution in [1.29, 1.82) is 0 Å². The summed E-state index contributed by atoms with van der Waals surface area (Å²) in [6.45, 7) is 2.36. The predicted molar refractivity (Wildman–Crippen MR) is 88.1 cm³/mol. The molecule has 0 N–H and O–H groups in total. The first-order valence-corrected chi connectivity index (χ1v) is 8.33. The number of fused-ring (bicyclic) bond motifs is 1. The molecule has 2 aliphatic rings. The van der Waals surface area contributed by atoms with Crippen LogP contribution in [-0.4, -0.2) is 18.3 Å². The Balaban J connectivity index is 1.51. The molecular formula is C19H20F2N2O. The summed E-state index contributed by atoms with van der Waals surface area (Å²) in [7, 11) is 0. The van der Waals surface area contributed by atoms with Crippen LogP contribution in [0.25, 0.3) is 0 Å². The molecule has 0 aromatic heterocycles. The normalized spacial score (nSPS) is 17.8. The van der Waals surface area contributed by atoms with Gasteiger partial charge in [-0.15, -0.1) is 0 Å². The van der Waals surface area contributed by atoms with Gasteiger partial charge in [0.15, 0.2) is 11.6 Å². The first-order chi connectivity index (χ1) is 11.7. The summed E-state index contributed by atoms with van der Waals surface area (Å²) in [5, 5.41) is 1.83. The largest absolute Gasteiger partial charge is 0.356 e. The Morgan fingerprint density at radius 3 is 2.54 bits per heavy atom. The third kappa shape index (κ3) is 3.42. The van der Waals surface area contributed by atoms with Gasteiger partial charge in [-0.1, -0.05) is 30.3 Å². The fourth-order valence-electron chi connectivity index (χ4n) is 3.10. The molecular weight excluding hydrogens is 310 g/mol. The molecule has 0 amide bonds. The lowest BCUT2D eigenvalue weighted by atomic mass is 10.1. The fraction of sp³-hybridized carbons (Fsp3) is 0.368. The molecule has 1 fully saturated rings. The molecule has 0 spiro atoms. The summed E-state index contributed by atoms with van der Waals surface area (Å²) in [5.74, 6) is -0.932. The van der Waals surface area contributed by atoms with Crippen molar-refractivity contribution in [1.82, 2.24) is 5.06 Å². The lowest BCUT2D eigenvalue weighted by Crippen LogP contribution is -2.43. The first kappa shape index (κ1) is 15.5. The summed E-state index contributed by atoms with van der Waals surface area (Å²) >= 11 is 0. The third-order valence-corrected chi connectivity index (χ3v) is 4.57. The van der Waals surface area contributed by atoms with Crippen molar-refractivity contribution in [2.24, 2.45) is 5.92 Å². The van der Waals surface area contributed by atoms with Crippen molar-refractivity contribution in [2.45, 2.75) is 26.0 Å².